The second kappa shape index (κ2) is 11.0. The molecule has 0 aliphatic heterocycles. The van der Waals surface area contributed by atoms with E-state index in [0.717, 1.165) is 48.0 Å². The number of aromatic nitrogens is 2. The second-order valence-electron chi connectivity index (χ2n) is 13.3. The summed E-state index contributed by atoms with van der Waals surface area (Å²) in [6, 6.07) is 6.31. The van der Waals surface area contributed by atoms with Crippen molar-refractivity contribution in [3.8, 4) is 5.69 Å². The van der Waals surface area contributed by atoms with Gasteiger partial charge in [-0.3, -0.25) is 9.59 Å². The van der Waals surface area contributed by atoms with E-state index in [9.17, 15) is 23.9 Å². The Morgan fingerprint density at radius 3 is 2.63 bits per heavy atom. The molecule has 0 radical (unpaired) electrons. The minimum atomic E-state index is -1.44. The minimum absolute atomic E-state index is 0.0118. The number of methoxy groups -OCH3 is 1. The highest BCUT2D eigenvalue weighted by atomic mass is 32.2. The maximum Gasteiger partial charge on any atom is 0.333 e. The van der Waals surface area contributed by atoms with Gasteiger partial charge in [-0.05, 0) is 105 Å². The van der Waals surface area contributed by atoms with Crippen LogP contribution in [0.1, 0.15) is 64.1 Å². The zero-order chi connectivity index (χ0) is 30.7. The Balaban J connectivity index is 1.34. The summed E-state index contributed by atoms with van der Waals surface area (Å²) in [7, 11) is 1.40. The Morgan fingerprint density at radius 1 is 1.19 bits per heavy atom. The summed E-state index contributed by atoms with van der Waals surface area (Å²) < 4.78 is 26.5. The Bertz CT molecular complexity index is 1490. The molecule has 0 unspecified atom stereocenters. The Morgan fingerprint density at radius 2 is 1.93 bits per heavy atom. The number of allylic oxidation sites excluding steroid dienone is 1. The number of esters is 1. The number of thioether (sulfide) groups is 1. The standard InChI is InChI=1S/C33H39FN2O6S/c1-19(37)18-43-30(40)33(42-28(39)17-41-4)12-11-25-24-10-5-21-13-26-20(16-35-36(26)23-8-6-22(34)7-9-23)14-31(21,2)29(24)27(38)15-32(25,33)3/h6-9,13,16,24-25,27,29,38H,5,10-12,14-15,17-18H2,1-4H3/t24-,25-,27-,29+,31-,32-,33-/m0/s1. The van der Waals surface area contributed by atoms with Gasteiger partial charge >= 0.3 is 5.97 Å². The van der Waals surface area contributed by atoms with Crippen LogP contribution < -0.4 is 0 Å². The third-order valence-corrected chi connectivity index (χ3v) is 12.0. The molecule has 0 spiro atoms. The van der Waals surface area contributed by atoms with Crippen LogP contribution in [0.3, 0.4) is 0 Å². The van der Waals surface area contributed by atoms with E-state index < -0.39 is 23.1 Å². The third kappa shape index (κ3) is 4.71. The predicted molar refractivity (Wildman–Crippen MR) is 160 cm³/mol. The molecule has 4 aliphatic carbocycles. The summed E-state index contributed by atoms with van der Waals surface area (Å²) in [4.78, 5) is 38.5. The zero-order valence-corrected chi connectivity index (χ0v) is 25.9. The van der Waals surface area contributed by atoms with Crippen LogP contribution in [0.15, 0.2) is 36.0 Å². The number of hydrogen-bond donors (Lipinski definition) is 1. The molecule has 8 nitrogen and oxygen atoms in total. The van der Waals surface area contributed by atoms with E-state index in [0.29, 0.717) is 19.3 Å². The van der Waals surface area contributed by atoms with E-state index in [4.69, 9.17) is 9.47 Å². The summed E-state index contributed by atoms with van der Waals surface area (Å²) in [6.45, 7) is 5.40. The van der Waals surface area contributed by atoms with Crippen LogP contribution in [0.2, 0.25) is 0 Å². The summed E-state index contributed by atoms with van der Waals surface area (Å²) >= 11 is 0.909. The fourth-order valence-electron chi connectivity index (χ4n) is 9.13. The number of Topliss-reactive ketones (excluding diaryl/α,β-unsaturated/α-hetero) is 1. The third-order valence-electron chi connectivity index (χ3n) is 10.9. The summed E-state index contributed by atoms with van der Waals surface area (Å²) in [5, 5.41) is 16.4. The number of benzene rings is 1. The molecule has 1 aromatic heterocycles. The highest BCUT2D eigenvalue weighted by Crippen LogP contribution is 2.68. The molecular weight excluding hydrogens is 571 g/mol. The quantitative estimate of drug-likeness (QED) is 0.440. The molecule has 0 bridgehead atoms. The van der Waals surface area contributed by atoms with Gasteiger partial charge in [-0.2, -0.15) is 5.10 Å². The van der Waals surface area contributed by atoms with E-state index in [1.165, 1.54) is 31.7 Å². The summed E-state index contributed by atoms with van der Waals surface area (Å²) in [5.74, 6) is -0.888. The van der Waals surface area contributed by atoms with Crippen molar-refractivity contribution >= 4 is 34.7 Å². The van der Waals surface area contributed by atoms with E-state index in [-0.39, 0.29) is 52.2 Å². The van der Waals surface area contributed by atoms with Gasteiger partial charge in [-0.25, -0.2) is 13.9 Å². The van der Waals surface area contributed by atoms with E-state index >= 15 is 0 Å². The summed E-state index contributed by atoms with van der Waals surface area (Å²) in [6.07, 6.45) is 7.14. The monoisotopic (exact) mass is 610 g/mol. The van der Waals surface area contributed by atoms with Gasteiger partial charge in [0.1, 0.15) is 18.2 Å². The fourth-order valence-corrected chi connectivity index (χ4v) is 10.1. The van der Waals surface area contributed by atoms with Crippen LogP contribution in [0, 0.1) is 34.4 Å². The van der Waals surface area contributed by atoms with Crippen molar-refractivity contribution in [2.24, 2.45) is 28.6 Å². The number of hydrogen-bond acceptors (Lipinski definition) is 8. The molecule has 1 N–H and O–H groups in total. The highest BCUT2D eigenvalue weighted by molar-refractivity contribution is 8.14. The number of ketones is 1. The second-order valence-corrected chi connectivity index (χ2v) is 14.2. The van der Waals surface area contributed by atoms with Gasteiger partial charge in [-0.15, -0.1) is 0 Å². The van der Waals surface area contributed by atoms with Crippen LogP contribution >= 0.6 is 11.8 Å². The van der Waals surface area contributed by atoms with E-state index in [1.54, 1.807) is 12.1 Å². The van der Waals surface area contributed by atoms with Crippen molar-refractivity contribution in [2.75, 3.05) is 19.5 Å². The molecule has 10 heteroatoms. The number of rotatable bonds is 7. The van der Waals surface area contributed by atoms with Gasteiger partial charge in [0, 0.05) is 12.5 Å². The maximum absolute atomic E-state index is 13.9. The first-order valence-electron chi connectivity index (χ1n) is 15.0. The Kier molecular flexibility index (Phi) is 7.70. The fraction of sp³-hybridized carbons (Fsp3) is 0.576. The van der Waals surface area contributed by atoms with Crippen molar-refractivity contribution in [1.82, 2.24) is 9.78 Å². The van der Waals surface area contributed by atoms with Crippen LogP contribution in [0.4, 0.5) is 4.39 Å². The molecule has 2 aromatic rings. The number of halogens is 1. The molecule has 1 aromatic carbocycles. The largest absolute Gasteiger partial charge is 0.448 e. The maximum atomic E-state index is 13.9. The van der Waals surface area contributed by atoms with Gasteiger partial charge < -0.3 is 14.6 Å². The molecule has 1 heterocycles. The Labute approximate surface area is 255 Å². The first kappa shape index (κ1) is 30.2. The van der Waals surface area contributed by atoms with Gasteiger partial charge in [0.25, 0.3) is 0 Å². The topological polar surface area (TPSA) is 108 Å². The number of carbonyl (C=O) groups is 3. The molecule has 43 heavy (non-hydrogen) atoms. The van der Waals surface area contributed by atoms with Crippen molar-refractivity contribution in [3.63, 3.8) is 0 Å². The molecule has 7 atom stereocenters. The predicted octanol–water partition coefficient (Wildman–Crippen LogP) is 4.94. The lowest BCUT2D eigenvalue weighted by molar-refractivity contribution is -0.198. The van der Waals surface area contributed by atoms with E-state index in [1.807, 2.05) is 17.8 Å². The number of carbonyl (C=O) groups excluding carboxylic acids is 3. The van der Waals surface area contributed by atoms with Gasteiger partial charge in [0.15, 0.2) is 5.60 Å². The van der Waals surface area contributed by atoms with E-state index in [2.05, 4.69) is 18.1 Å². The zero-order valence-electron chi connectivity index (χ0n) is 25.1. The average molecular weight is 611 g/mol. The molecule has 0 saturated heterocycles. The molecule has 3 saturated carbocycles. The number of aliphatic hydroxyl groups excluding tert-OH is 1. The first-order valence-corrected chi connectivity index (χ1v) is 16.0. The lowest BCUT2D eigenvalue weighted by Crippen LogP contribution is -2.62. The first-order chi connectivity index (χ1) is 20.4. The van der Waals surface area contributed by atoms with Crippen molar-refractivity contribution in [2.45, 2.75) is 71.0 Å². The van der Waals surface area contributed by atoms with Crippen LogP contribution in [0.25, 0.3) is 11.8 Å². The lowest BCUT2D eigenvalue weighted by atomic mass is 9.45. The van der Waals surface area contributed by atoms with Gasteiger partial charge in [-0.1, -0.05) is 31.2 Å². The number of fused-ring (bicyclic) bond motifs is 6. The summed E-state index contributed by atoms with van der Waals surface area (Å²) in [5.41, 5.74) is 1.61. The molecule has 3 fully saturated rings. The van der Waals surface area contributed by atoms with Crippen LogP contribution in [0.5, 0.6) is 0 Å². The molecular formula is C33H39FN2O6S. The smallest absolute Gasteiger partial charge is 0.333 e. The SMILES string of the molecule is COCC(=O)O[C@]1(C(=O)SCC(C)=O)CC[C@H]2[C@@H]3CCC4=Cc5c(cnn5-c5ccc(F)cc5)C[C@]4(C)[C@H]3[C@@H](O)C[C@@]21C. The molecule has 0 amide bonds. The highest BCUT2D eigenvalue weighted by Gasteiger charge is 2.70. The lowest BCUT2D eigenvalue weighted by Gasteiger charge is -2.60. The minimum Gasteiger partial charge on any atom is -0.448 e. The van der Waals surface area contributed by atoms with Gasteiger partial charge in [0.2, 0.25) is 5.12 Å². The van der Waals surface area contributed by atoms with Crippen molar-refractivity contribution in [1.29, 1.82) is 0 Å². The molecule has 4 aliphatic rings. The van der Waals surface area contributed by atoms with Crippen molar-refractivity contribution < 1.29 is 33.4 Å². The van der Waals surface area contributed by atoms with Gasteiger partial charge in [0.05, 0.1) is 29.4 Å². The average Bonchev–Trinajstić information content (AvgIpc) is 3.48. The number of nitrogens with zero attached hydrogens (tertiary/aromatic N) is 2. The molecule has 6 rings (SSSR count). The van der Waals surface area contributed by atoms with Crippen LogP contribution in [-0.2, 0) is 30.3 Å². The van der Waals surface area contributed by atoms with Crippen LogP contribution in [-0.4, -0.2) is 62.9 Å². The Hall–Kier alpha value is -2.82. The molecule has 230 valence electrons. The number of ether oxygens (including phenoxy) is 2. The number of aliphatic hydroxyl groups is 1. The normalized spacial score (nSPS) is 34.3. The van der Waals surface area contributed by atoms with Crippen molar-refractivity contribution in [3.05, 3.63) is 53.1 Å².